The Hall–Kier alpha value is -2.44. The van der Waals surface area contributed by atoms with E-state index in [4.69, 9.17) is 0 Å². The number of Topliss-reactive ketones (excluding diaryl/α,β-unsaturated/α-hetero) is 2. The molecule has 3 unspecified atom stereocenters. The zero-order chi connectivity index (χ0) is 25.4. The van der Waals surface area contributed by atoms with Crippen LogP contribution in [0, 0.1) is 17.8 Å². The van der Waals surface area contributed by atoms with Gasteiger partial charge in [0.1, 0.15) is 0 Å². The summed E-state index contributed by atoms with van der Waals surface area (Å²) in [5.41, 5.74) is 9.01. The Morgan fingerprint density at radius 2 is 1.63 bits per heavy atom. The summed E-state index contributed by atoms with van der Waals surface area (Å²) in [5, 5.41) is 0. The van der Waals surface area contributed by atoms with Gasteiger partial charge in [-0.2, -0.15) is 0 Å². The van der Waals surface area contributed by atoms with Crippen LogP contribution in [0.4, 0.5) is 0 Å². The van der Waals surface area contributed by atoms with Crippen LogP contribution in [0.5, 0.6) is 0 Å². The van der Waals surface area contributed by atoms with Gasteiger partial charge in [-0.15, -0.1) is 5.73 Å². The molecule has 35 heavy (non-hydrogen) atoms. The second-order valence-electron chi connectivity index (χ2n) is 10.2. The van der Waals surface area contributed by atoms with Gasteiger partial charge in [0.2, 0.25) is 0 Å². The van der Waals surface area contributed by atoms with Crippen LogP contribution in [0.3, 0.4) is 0 Å². The fourth-order valence-corrected chi connectivity index (χ4v) is 5.54. The van der Waals surface area contributed by atoms with Crippen molar-refractivity contribution in [1.29, 1.82) is 0 Å². The number of carbonyl (C=O) groups is 2. The van der Waals surface area contributed by atoms with E-state index in [0.717, 1.165) is 68.4 Å². The second-order valence-corrected chi connectivity index (χ2v) is 10.2. The van der Waals surface area contributed by atoms with Crippen LogP contribution in [0.1, 0.15) is 114 Å². The van der Waals surface area contributed by atoms with E-state index in [1.54, 1.807) is 6.92 Å². The zero-order valence-electron chi connectivity index (χ0n) is 22.4. The molecule has 2 heteroatoms. The summed E-state index contributed by atoms with van der Waals surface area (Å²) < 4.78 is 0. The highest BCUT2D eigenvalue weighted by Gasteiger charge is 2.45. The Bertz CT molecular complexity index is 996. The van der Waals surface area contributed by atoms with Crippen molar-refractivity contribution in [3.63, 3.8) is 0 Å². The molecule has 0 spiro atoms. The Balaban J connectivity index is 0.00000167. The van der Waals surface area contributed by atoms with E-state index < -0.39 is 0 Å². The third-order valence-electron chi connectivity index (χ3n) is 7.73. The van der Waals surface area contributed by atoms with Crippen LogP contribution in [-0.4, -0.2) is 11.6 Å². The van der Waals surface area contributed by atoms with Gasteiger partial charge in [0, 0.05) is 11.5 Å². The monoisotopic (exact) mass is 472 g/mol. The van der Waals surface area contributed by atoms with Crippen molar-refractivity contribution in [3.05, 3.63) is 76.6 Å². The molecule has 2 nitrogen and oxygen atoms in total. The topological polar surface area (TPSA) is 34.1 Å². The second kappa shape index (κ2) is 13.0. The van der Waals surface area contributed by atoms with Crippen LogP contribution < -0.4 is 0 Å². The van der Waals surface area contributed by atoms with Crippen LogP contribution in [0.15, 0.2) is 65.4 Å². The minimum absolute atomic E-state index is 0.139. The number of fused-ring (bicyclic) bond motifs is 1. The number of allylic oxidation sites excluding steroid dienone is 5. The average Bonchev–Trinajstić information content (AvgIpc) is 3.80. The van der Waals surface area contributed by atoms with Gasteiger partial charge in [-0.25, -0.2) is 0 Å². The van der Waals surface area contributed by atoms with E-state index in [9.17, 15) is 9.59 Å². The third kappa shape index (κ3) is 7.05. The Morgan fingerprint density at radius 1 is 0.971 bits per heavy atom. The molecule has 0 heterocycles. The summed E-state index contributed by atoms with van der Waals surface area (Å²) in [7, 11) is 0. The van der Waals surface area contributed by atoms with Gasteiger partial charge < -0.3 is 0 Å². The molecule has 0 radical (unpaired) electrons. The lowest BCUT2D eigenvalue weighted by Crippen LogP contribution is -2.15. The minimum atomic E-state index is 0.139. The van der Waals surface area contributed by atoms with Crippen molar-refractivity contribution in [3.8, 4) is 0 Å². The quantitative estimate of drug-likeness (QED) is 0.163. The standard InChI is InChI=1S/C31H38O2.C2H6/c1-4-9-25(31(33)26-16-14-24(15-17-26)23-12-13-23)11-8-6-7-10-22(5-2)28-19-18-27(21(3)32)29-20-30(28)29;1-2/h14-19,23,25,29-30H,2,4,6-13,20H2,1,3H3;1-2H3. The summed E-state index contributed by atoms with van der Waals surface area (Å²) in [5.74, 6) is 2.32. The van der Waals surface area contributed by atoms with E-state index in [1.165, 1.54) is 29.6 Å². The van der Waals surface area contributed by atoms with Crippen molar-refractivity contribution >= 4 is 11.6 Å². The third-order valence-corrected chi connectivity index (χ3v) is 7.73. The number of carbonyl (C=O) groups excluding carboxylic acids is 2. The highest BCUT2D eigenvalue weighted by molar-refractivity contribution is 5.98. The van der Waals surface area contributed by atoms with Crippen LogP contribution >= 0.6 is 0 Å². The number of unbranched alkanes of at least 4 members (excludes halogenated alkanes) is 2. The molecule has 0 amide bonds. The van der Waals surface area contributed by atoms with Gasteiger partial charge in [-0.3, -0.25) is 9.59 Å². The summed E-state index contributed by atoms with van der Waals surface area (Å²) in [4.78, 5) is 24.9. The SMILES string of the molecule is C=C=C(CCCCCC(CCC)C(=O)c1ccc(C2CC2)cc1)C1=CC=C(C(C)=O)C2CC12.CC. The van der Waals surface area contributed by atoms with Gasteiger partial charge >= 0.3 is 0 Å². The van der Waals surface area contributed by atoms with Crippen LogP contribution in [0.25, 0.3) is 0 Å². The highest BCUT2D eigenvalue weighted by atomic mass is 16.1. The molecule has 1 aromatic carbocycles. The number of hydrogen-bond donors (Lipinski definition) is 0. The van der Waals surface area contributed by atoms with Gasteiger partial charge in [-0.1, -0.05) is 83.0 Å². The number of benzene rings is 1. The van der Waals surface area contributed by atoms with Crippen molar-refractivity contribution in [1.82, 2.24) is 0 Å². The maximum absolute atomic E-state index is 13.1. The fourth-order valence-electron chi connectivity index (χ4n) is 5.54. The van der Waals surface area contributed by atoms with E-state index in [-0.39, 0.29) is 11.7 Å². The van der Waals surface area contributed by atoms with Gasteiger partial charge in [0.05, 0.1) is 0 Å². The zero-order valence-corrected chi connectivity index (χ0v) is 22.4. The maximum atomic E-state index is 13.1. The molecule has 188 valence electrons. The Kier molecular flexibility index (Phi) is 10.1. The Labute approximate surface area is 213 Å². The van der Waals surface area contributed by atoms with E-state index in [2.05, 4.69) is 49.6 Å². The number of rotatable bonds is 13. The first-order valence-corrected chi connectivity index (χ1v) is 14.0. The van der Waals surface area contributed by atoms with Crippen molar-refractivity contribution < 1.29 is 9.59 Å². The first-order valence-electron chi connectivity index (χ1n) is 14.0. The molecule has 0 saturated heterocycles. The molecule has 4 rings (SSSR count). The number of hydrogen-bond acceptors (Lipinski definition) is 2. The van der Waals surface area contributed by atoms with Gasteiger partial charge in [0.15, 0.2) is 11.6 Å². The summed E-state index contributed by atoms with van der Waals surface area (Å²) in [6.45, 7) is 11.8. The van der Waals surface area contributed by atoms with E-state index in [1.807, 2.05) is 19.9 Å². The van der Waals surface area contributed by atoms with Crippen LogP contribution in [0.2, 0.25) is 0 Å². The molecule has 0 N–H and O–H groups in total. The van der Waals surface area contributed by atoms with Gasteiger partial charge in [0.25, 0.3) is 0 Å². The lowest BCUT2D eigenvalue weighted by molar-refractivity contribution is -0.113. The largest absolute Gasteiger partial charge is 0.295 e. The molecule has 2 fully saturated rings. The summed E-state index contributed by atoms with van der Waals surface area (Å²) >= 11 is 0. The van der Waals surface area contributed by atoms with Crippen LogP contribution in [-0.2, 0) is 4.79 Å². The minimum Gasteiger partial charge on any atom is -0.295 e. The molecule has 3 aliphatic carbocycles. The normalized spacial score (nSPS) is 20.8. The lowest BCUT2D eigenvalue weighted by atomic mass is 9.87. The molecule has 0 aliphatic heterocycles. The molecule has 0 bridgehead atoms. The average molecular weight is 473 g/mol. The molecule has 0 aromatic heterocycles. The lowest BCUT2D eigenvalue weighted by Gasteiger charge is -2.16. The first-order chi connectivity index (χ1) is 17.0. The highest BCUT2D eigenvalue weighted by Crippen LogP contribution is 2.53. The molecule has 2 saturated carbocycles. The fraction of sp³-hybridized carbons (Fsp3) is 0.545. The molecule has 1 aromatic rings. The predicted octanol–water partition coefficient (Wildman–Crippen LogP) is 8.94. The predicted molar refractivity (Wildman–Crippen MR) is 147 cm³/mol. The smallest absolute Gasteiger partial charge is 0.165 e. The maximum Gasteiger partial charge on any atom is 0.165 e. The summed E-state index contributed by atoms with van der Waals surface area (Å²) in [6.07, 6.45) is 15.1. The van der Waals surface area contributed by atoms with E-state index >= 15 is 0 Å². The first kappa shape index (κ1) is 27.2. The molecule has 3 atom stereocenters. The molecular formula is C33H44O2. The molecule has 3 aliphatic rings. The van der Waals surface area contributed by atoms with Crippen molar-refractivity contribution in [2.24, 2.45) is 17.8 Å². The number of ketones is 2. The van der Waals surface area contributed by atoms with Crippen molar-refractivity contribution in [2.45, 2.75) is 97.8 Å². The van der Waals surface area contributed by atoms with Crippen molar-refractivity contribution in [2.75, 3.05) is 0 Å². The van der Waals surface area contributed by atoms with Gasteiger partial charge in [-0.05, 0) is 91.9 Å². The molecular weight excluding hydrogens is 428 g/mol. The van der Waals surface area contributed by atoms with E-state index in [0.29, 0.717) is 17.6 Å². The summed E-state index contributed by atoms with van der Waals surface area (Å²) in [6, 6.07) is 8.43. The Morgan fingerprint density at radius 3 is 2.23 bits per heavy atom.